The predicted octanol–water partition coefficient (Wildman–Crippen LogP) is 4.16. The minimum Gasteiger partial charge on any atom is -0.488 e. The van der Waals surface area contributed by atoms with Gasteiger partial charge in [0, 0.05) is 0 Å². The number of rotatable bonds is 2. The van der Waals surface area contributed by atoms with Crippen molar-refractivity contribution in [2.45, 2.75) is 45.3 Å². The molecule has 2 unspecified atom stereocenters. The third-order valence-corrected chi connectivity index (χ3v) is 4.31. The Labute approximate surface area is 120 Å². The van der Waals surface area contributed by atoms with Crippen LogP contribution in [-0.4, -0.2) is 17.3 Å². The zero-order valence-corrected chi connectivity index (χ0v) is 12.2. The van der Waals surface area contributed by atoms with Gasteiger partial charge in [0.25, 0.3) is 0 Å². The van der Waals surface area contributed by atoms with E-state index in [1.54, 1.807) is 0 Å². The fraction of sp³-hybridized carbons (Fsp3) is 0.444. The number of hydrogen-bond acceptors (Lipinski definition) is 2. The Morgan fingerprint density at radius 1 is 1.10 bits per heavy atom. The summed E-state index contributed by atoms with van der Waals surface area (Å²) in [5.41, 5.74) is 0.251. The Balaban J connectivity index is 1.81. The quantitative estimate of drug-likeness (QED) is 0.888. The van der Waals surface area contributed by atoms with Crippen molar-refractivity contribution in [3.63, 3.8) is 0 Å². The summed E-state index contributed by atoms with van der Waals surface area (Å²) >= 11 is 0. The maximum absolute atomic E-state index is 10.2. The molecule has 1 saturated carbocycles. The van der Waals surface area contributed by atoms with Gasteiger partial charge in [-0.15, -0.1) is 0 Å². The first-order valence-electron chi connectivity index (χ1n) is 7.37. The molecule has 0 radical (unpaired) electrons. The van der Waals surface area contributed by atoms with Crippen LogP contribution in [0.4, 0.5) is 0 Å². The van der Waals surface area contributed by atoms with Crippen molar-refractivity contribution in [1.82, 2.24) is 0 Å². The summed E-state index contributed by atoms with van der Waals surface area (Å²) in [5, 5.41) is 12.5. The molecular formula is C18H22O2. The number of fused-ring (bicyclic) bond motifs is 1. The average molecular weight is 270 g/mol. The van der Waals surface area contributed by atoms with Gasteiger partial charge < -0.3 is 9.84 Å². The molecule has 2 atom stereocenters. The van der Waals surface area contributed by atoms with E-state index in [2.05, 4.69) is 38.1 Å². The molecule has 0 amide bonds. The SMILES string of the molecule is CC1(C)CCC(O)C(Oc2ccc3ccccc3c2)C1. The van der Waals surface area contributed by atoms with Crippen LogP contribution >= 0.6 is 0 Å². The average Bonchev–Trinajstić information content (AvgIpc) is 2.43. The van der Waals surface area contributed by atoms with Gasteiger partial charge in [-0.2, -0.15) is 0 Å². The van der Waals surface area contributed by atoms with Gasteiger partial charge in [-0.05, 0) is 47.6 Å². The monoisotopic (exact) mass is 270 g/mol. The highest BCUT2D eigenvalue weighted by molar-refractivity contribution is 5.83. The van der Waals surface area contributed by atoms with Crippen LogP contribution in [0.3, 0.4) is 0 Å². The Hall–Kier alpha value is -1.54. The van der Waals surface area contributed by atoms with Crippen LogP contribution in [0, 0.1) is 5.41 Å². The largest absolute Gasteiger partial charge is 0.488 e. The van der Waals surface area contributed by atoms with E-state index in [9.17, 15) is 5.11 Å². The molecule has 0 bridgehead atoms. The van der Waals surface area contributed by atoms with Crippen molar-refractivity contribution >= 4 is 10.8 Å². The molecule has 0 heterocycles. The van der Waals surface area contributed by atoms with E-state index in [1.807, 2.05) is 18.2 Å². The van der Waals surface area contributed by atoms with Crippen molar-refractivity contribution in [1.29, 1.82) is 0 Å². The number of hydrogen-bond donors (Lipinski definition) is 1. The maximum atomic E-state index is 10.2. The molecule has 3 rings (SSSR count). The second kappa shape index (κ2) is 5.10. The fourth-order valence-electron chi connectivity index (χ4n) is 3.04. The molecule has 2 nitrogen and oxygen atoms in total. The third-order valence-electron chi connectivity index (χ3n) is 4.31. The first-order chi connectivity index (χ1) is 9.53. The van der Waals surface area contributed by atoms with Gasteiger partial charge in [-0.1, -0.05) is 44.2 Å². The molecule has 2 aromatic rings. The predicted molar refractivity (Wildman–Crippen MR) is 82.0 cm³/mol. The van der Waals surface area contributed by atoms with Crippen LogP contribution in [0.2, 0.25) is 0 Å². The van der Waals surface area contributed by atoms with E-state index in [1.165, 1.54) is 10.8 Å². The Morgan fingerprint density at radius 3 is 2.65 bits per heavy atom. The lowest BCUT2D eigenvalue weighted by Crippen LogP contribution is -2.41. The van der Waals surface area contributed by atoms with Crippen LogP contribution < -0.4 is 4.74 Å². The van der Waals surface area contributed by atoms with Crippen molar-refractivity contribution in [3.8, 4) is 5.75 Å². The molecule has 0 spiro atoms. The third kappa shape index (κ3) is 2.80. The lowest BCUT2D eigenvalue weighted by molar-refractivity contribution is -0.0303. The van der Waals surface area contributed by atoms with Crippen molar-refractivity contribution in [2.75, 3.05) is 0 Å². The molecule has 106 valence electrons. The number of aliphatic hydroxyl groups is 1. The van der Waals surface area contributed by atoms with Gasteiger partial charge in [-0.3, -0.25) is 0 Å². The molecule has 1 fully saturated rings. The minimum absolute atomic E-state index is 0.0973. The van der Waals surface area contributed by atoms with E-state index in [0.717, 1.165) is 25.0 Å². The summed E-state index contributed by atoms with van der Waals surface area (Å²) < 4.78 is 6.06. The second-order valence-corrected chi connectivity index (χ2v) is 6.64. The Kier molecular flexibility index (Phi) is 3.43. The first-order valence-corrected chi connectivity index (χ1v) is 7.37. The van der Waals surface area contributed by atoms with Gasteiger partial charge in [0.15, 0.2) is 0 Å². The summed E-state index contributed by atoms with van der Waals surface area (Å²) in [4.78, 5) is 0. The molecule has 1 aliphatic carbocycles. The normalized spacial score (nSPS) is 25.6. The first kappa shape index (κ1) is 13.4. The summed E-state index contributed by atoms with van der Waals surface area (Å²) in [6.45, 7) is 4.49. The van der Waals surface area contributed by atoms with Crippen molar-refractivity contribution in [2.24, 2.45) is 5.41 Å². The molecule has 0 saturated heterocycles. The maximum Gasteiger partial charge on any atom is 0.125 e. The van der Waals surface area contributed by atoms with Crippen molar-refractivity contribution < 1.29 is 9.84 Å². The summed E-state index contributed by atoms with van der Waals surface area (Å²) in [6, 6.07) is 14.4. The zero-order chi connectivity index (χ0) is 14.2. The Morgan fingerprint density at radius 2 is 1.85 bits per heavy atom. The summed E-state index contributed by atoms with van der Waals surface area (Å²) in [7, 11) is 0. The number of aliphatic hydroxyl groups excluding tert-OH is 1. The molecule has 2 heteroatoms. The number of benzene rings is 2. The highest BCUT2D eigenvalue weighted by atomic mass is 16.5. The molecule has 0 aliphatic heterocycles. The lowest BCUT2D eigenvalue weighted by atomic mass is 9.75. The van der Waals surface area contributed by atoms with Crippen LogP contribution in [0.5, 0.6) is 5.75 Å². The lowest BCUT2D eigenvalue weighted by Gasteiger charge is -2.38. The molecule has 2 aromatic carbocycles. The highest BCUT2D eigenvalue weighted by Crippen LogP contribution is 2.37. The molecule has 0 aromatic heterocycles. The second-order valence-electron chi connectivity index (χ2n) is 6.64. The molecule has 1 N–H and O–H groups in total. The van der Waals surface area contributed by atoms with E-state index in [-0.39, 0.29) is 17.6 Å². The molecular weight excluding hydrogens is 248 g/mol. The summed E-state index contributed by atoms with van der Waals surface area (Å²) in [5.74, 6) is 0.852. The molecule has 1 aliphatic rings. The van der Waals surface area contributed by atoms with E-state index < -0.39 is 0 Å². The number of ether oxygens (including phenoxy) is 1. The Bertz CT molecular complexity index is 603. The van der Waals surface area contributed by atoms with E-state index in [0.29, 0.717) is 0 Å². The highest BCUT2D eigenvalue weighted by Gasteiger charge is 2.35. The van der Waals surface area contributed by atoms with Crippen LogP contribution in [0.25, 0.3) is 10.8 Å². The smallest absolute Gasteiger partial charge is 0.125 e. The zero-order valence-electron chi connectivity index (χ0n) is 12.2. The fourth-order valence-corrected chi connectivity index (χ4v) is 3.04. The van der Waals surface area contributed by atoms with Crippen LogP contribution in [0.15, 0.2) is 42.5 Å². The van der Waals surface area contributed by atoms with Gasteiger partial charge in [-0.25, -0.2) is 0 Å². The van der Waals surface area contributed by atoms with Gasteiger partial charge in [0.2, 0.25) is 0 Å². The van der Waals surface area contributed by atoms with Crippen molar-refractivity contribution in [3.05, 3.63) is 42.5 Å². The summed E-state index contributed by atoms with van der Waals surface area (Å²) in [6.07, 6.45) is 2.34. The van der Waals surface area contributed by atoms with Gasteiger partial charge >= 0.3 is 0 Å². The van der Waals surface area contributed by atoms with Crippen LogP contribution in [-0.2, 0) is 0 Å². The van der Waals surface area contributed by atoms with Gasteiger partial charge in [0.05, 0.1) is 6.10 Å². The van der Waals surface area contributed by atoms with Crippen LogP contribution in [0.1, 0.15) is 33.1 Å². The van der Waals surface area contributed by atoms with E-state index >= 15 is 0 Å². The van der Waals surface area contributed by atoms with E-state index in [4.69, 9.17) is 4.74 Å². The standard InChI is InChI=1S/C18H22O2/c1-18(2)10-9-16(19)17(12-18)20-15-8-7-13-5-3-4-6-14(13)11-15/h3-8,11,16-17,19H,9-10,12H2,1-2H3. The topological polar surface area (TPSA) is 29.5 Å². The molecule has 20 heavy (non-hydrogen) atoms. The van der Waals surface area contributed by atoms with Gasteiger partial charge in [0.1, 0.15) is 11.9 Å². The minimum atomic E-state index is -0.352.